The molecule has 1 amide bonds. The molecule has 136 valence electrons. The minimum absolute atomic E-state index is 0.268. The van der Waals surface area contributed by atoms with Crippen LogP contribution in [-0.2, 0) is 9.53 Å². The normalized spacial score (nSPS) is 11.5. The molecule has 1 heterocycles. The average molecular weight is 381 g/mol. The number of halogens is 1. The molecule has 27 heavy (non-hydrogen) atoms. The quantitative estimate of drug-likeness (QED) is 0.658. The summed E-state index contributed by atoms with van der Waals surface area (Å²) in [5.41, 5.74) is 2.25. The molecule has 2 aromatic carbocycles. The molecule has 0 saturated heterocycles. The second-order valence-corrected chi connectivity index (χ2v) is 6.30. The molecule has 0 aliphatic rings. The Morgan fingerprint density at radius 1 is 1.07 bits per heavy atom. The van der Waals surface area contributed by atoms with Crippen molar-refractivity contribution in [1.82, 2.24) is 4.98 Å². The van der Waals surface area contributed by atoms with E-state index in [1.807, 2.05) is 13.0 Å². The molecule has 0 fully saturated rings. The fraction of sp³-hybridized carbons (Fsp3) is 0.0952. The van der Waals surface area contributed by atoms with Gasteiger partial charge >= 0.3 is 5.97 Å². The number of nitrogens with zero attached hydrogens (tertiary/aromatic N) is 1. The molecule has 0 unspecified atom stereocenters. The highest BCUT2D eigenvalue weighted by Crippen LogP contribution is 2.24. The summed E-state index contributed by atoms with van der Waals surface area (Å²) < 4.78 is 5.49. The van der Waals surface area contributed by atoms with Crippen molar-refractivity contribution in [2.75, 3.05) is 5.32 Å². The van der Waals surface area contributed by atoms with Crippen LogP contribution in [0, 0.1) is 6.92 Å². The van der Waals surface area contributed by atoms with Crippen LogP contribution in [-0.4, -0.2) is 16.9 Å². The zero-order valence-electron chi connectivity index (χ0n) is 14.6. The van der Waals surface area contributed by atoms with Gasteiger partial charge in [0.2, 0.25) is 6.10 Å². The zero-order valence-corrected chi connectivity index (χ0v) is 15.3. The fourth-order valence-electron chi connectivity index (χ4n) is 2.44. The monoisotopic (exact) mass is 380 g/mol. The lowest BCUT2D eigenvalue weighted by Crippen LogP contribution is -2.26. The van der Waals surface area contributed by atoms with Crippen LogP contribution >= 0.6 is 11.6 Å². The summed E-state index contributed by atoms with van der Waals surface area (Å²) in [7, 11) is 0. The number of carbonyl (C=O) groups excluding carboxylic acids is 2. The van der Waals surface area contributed by atoms with Gasteiger partial charge in [0.25, 0.3) is 5.91 Å². The van der Waals surface area contributed by atoms with Crippen molar-refractivity contribution >= 4 is 29.2 Å². The molecule has 0 aliphatic heterocycles. The number of aryl methyl sites for hydroxylation is 1. The van der Waals surface area contributed by atoms with Gasteiger partial charge in [-0.2, -0.15) is 0 Å². The molecule has 0 saturated carbocycles. The van der Waals surface area contributed by atoms with Crippen LogP contribution in [0.25, 0.3) is 0 Å². The third kappa shape index (κ3) is 4.71. The van der Waals surface area contributed by atoms with E-state index in [1.165, 1.54) is 6.20 Å². The molecular formula is C21H17ClN2O3. The second kappa shape index (κ2) is 8.47. The number of carbonyl (C=O) groups is 2. The molecule has 6 heteroatoms. The smallest absolute Gasteiger partial charge is 0.340 e. The van der Waals surface area contributed by atoms with Gasteiger partial charge in [-0.05, 0) is 36.8 Å². The first-order valence-electron chi connectivity index (χ1n) is 8.27. The van der Waals surface area contributed by atoms with Crippen LogP contribution in [0.4, 0.5) is 5.69 Å². The van der Waals surface area contributed by atoms with Gasteiger partial charge in [0.05, 0.1) is 5.56 Å². The van der Waals surface area contributed by atoms with E-state index in [1.54, 1.807) is 60.8 Å². The van der Waals surface area contributed by atoms with Crippen molar-refractivity contribution in [3.8, 4) is 0 Å². The van der Waals surface area contributed by atoms with Gasteiger partial charge < -0.3 is 10.1 Å². The summed E-state index contributed by atoms with van der Waals surface area (Å²) in [6.45, 7) is 1.87. The summed E-state index contributed by atoms with van der Waals surface area (Å²) in [5.74, 6) is -1.10. The number of nitrogens with one attached hydrogen (secondary N) is 1. The number of aromatic nitrogens is 1. The highest BCUT2D eigenvalue weighted by atomic mass is 35.5. The Bertz CT molecular complexity index is 946. The summed E-state index contributed by atoms with van der Waals surface area (Å²) in [5, 5.41) is 3.29. The van der Waals surface area contributed by atoms with E-state index in [0.29, 0.717) is 16.3 Å². The second-order valence-electron chi connectivity index (χ2n) is 5.89. The number of rotatable bonds is 5. The number of ether oxygens (including phenoxy) is 1. The lowest BCUT2D eigenvalue weighted by molar-refractivity contribution is -0.125. The van der Waals surface area contributed by atoms with E-state index in [2.05, 4.69) is 10.3 Å². The lowest BCUT2D eigenvalue weighted by Gasteiger charge is -2.18. The van der Waals surface area contributed by atoms with E-state index < -0.39 is 18.0 Å². The molecule has 5 nitrogen and oxygen atoms in total. The van der Waals surface area contributed by atoms with Crippen LogP contribution in [0.15, 0.2) is 73.1 Å². The summed E-state index contributed by atoms with van der Waals surface area (Å²) in [6.07, 6.45) is 1.83. The predicted molar refractivity (Wildman–Crippen MR) is 104 cm³/mol. The molecule has 1 atom stereocenters. The Labute approximate surface area is 162 Å². The lowest BCUT2D eigenvalue weighted by atomic mass is 10.1. The van der Waals surface area contributed by atoms with Gasteiger partial charge in [-0.15, -0.1) is 0 Å². The predicted octanol–water partition coefficient (Wildman–Crippen LogP) is 4.58. The summed E-state index contributed by atoms with van der Waals surface area (Å²) in [4.78, 5) is 29.2. The number of amides is 1. The highest BCUT2D eigenvalue weighted by Gasteiger charge is 2.26. The van der Waals surface area contributed by atoms with Crippen LogP contribution in [0.3, 0.4) is 0 Å². The Morgan fingerprint density at radius 3 is 2.52 bits per heavy atom. The van der Waals surface area contributed by atoms with Crippen LogP contribution in [0.1, 0.15) is 27.6 Å². The largest absolute Gasteiger partial charge is 0.444 e. The number of esters is 1. The fourth-order valence-corrected chi connectivity index (χ4v) is 2.62. The van der Waals surface area contributed by atoms with Crippen molar-refractivity contribution < 1.29 is 14.3 Å². The van der Waals surface area contributed by atoms with Gasteiger partial charge in [-0.25, -0.2) is 4.79 Å². The number of anilines is 1. The minimum Gasteiger partial charge on any atom is -0.444 e. The van der Waals surface area contributed by atoms with Gasteiger partial charge in [0, 0.05) is 28.7 Å². The van der Waals surface area contributed by atoms with E-state index in [4.69, 9.17) is 16.3 Å². The first kappa shape index (κ1) is 18.6. The first-order valence-corrected chi connectivity index (χ1v) is 8.65. The van der Waals surface area contributed by atoms with E-state index in [0.717, 1.165) is 5.56 Å². The van der Waals surface area contributed by atoms with Gasteiger partial charge in [-0.3, -0.25) is 9.78 Å². The molecule has 3 aromatic rings. The summed E-state index contributed by atoms with van der Waals surface area (Å²) >= 11 is 6.11. The molecular weight excluding hydrogens is 364 g/mol. The molecule has 3 rings (SSSR count). The van der Waals surface area contributed by atoms with E-state index in [9.17, 15) is 9.59 Å². The molecule has 1 aromatic heterocycles. The van der Waals surface area contributed by atoms with Gasteiger partial charge in [-0.1, -0.05) is 48.0 Å². The Morgan fingerprint density at radius 2 is 1.85 bits per heavy atom. The minimum atomic E-state index is -1.11. The van der Waals surface area contributed by atoms with Crippen LogP contribution < -0.4 is 5.32 Å². The topological polar surface area (TPSA) is 68.3 Å². The first-order chi connectivity index (χ1) is 13.0. The molecule has 0 spiro atoms. The third-order valence-corrected chi connectivity index (χ3v) is 4.31. The number of hydrogen-bond acceptors (Lipinski definition) is 4. The maximum Gasteiger partial charge on any atom is 0.340 e. The van der Waals surface area contributed by atoms with Crippen LogP contribution in [0.2, 0.25) is 5.02 Å². The average Bonchev–Trinajstić information content (AvgIpc) is 2.70. The Balaban J connectivity index is 1.84. The summed E-state index contributed by atoms with van der Waals surface area (Å²) in [6, 6.07) is 17.2. The van der Waals surface area contributed by atoms with Crippen molar-refractivity contribution in [2.24, 2.45) is 0 Å². The Kier molecular flexibility index (Phi) is 5.84. The standard InChI is InChI=1S/C21H17ClN2O3/c1-14-9-10-17(12-18(14)22)24-20(25)19(15-6-3-2-4-7-15)27-21(26)16-8-5-11-23-13-16/h2-13,19H,1H3,(H,24,25)/t19-/m1/s1. The molecule has 0 radical (unpaired) electrons. The van der Waals surface area contributed by atoms with Crippen molar-refractivity contribution in [3.63, 3.8) is 0 Å². The van der Waals surface area contributed by atoms with Crippen LogP contribution in [0.5, 0.6) is 0 Å². The third-order valence-electron chi connectivity index (χ3n) is 3.90. The SMILES string of the molecule is Cc1ccc(NC(=O)[C@H](OC(=O)c2cccnc2)c2ccccc2)cc1Cl. The number of pyridine rings is 1. The van der Waals surface area contributed by atoms with E-state index in [-0.39, 0.29) is 5.56 Å². The maximum atomic E-state index is 12.8. The zero-order chi connectivity index (χ0) is 19.2. The van der Waals surface area contributed by atoms with Crippen molar-refractivity contribution in [3.05, 3.63) is 94.8 Å². The maximum absolute atomic E-state index is 12.8. The van der Waals surface area contributed by atoms with Gasteiger partial charge in [0.15, 0.2) is 0 Å². The van der Waals surface area contributed by atoms with Gasteiger partial charge in [0.1, 0.15) is 0 Å². The number of hydrogen-bond donors (Lipinski definition) is 1. The van der Waals surface area contributed by atoms with E-state index >= 15 is 0 Å². The van der Waals surface area contributed by atoms with Crippen molar-refractivity contribution in [1.29, 1.82) is 0 Å². The molecule has 1 N–H and O–H groups in total. The molecule has 0 aliphatic carbocycles. The number of benzene rings is 2. The molecule has 0 bridgehead atoms. The highest BCUT2D eigenvalue weighted by molar-refractivity contribution is 6.31. The van der Waals surface area contributed by atoms with Crippen molar-refractivity contribution in [2.45, 2.75) is 13.0 Å². The Hall–Kier alpha value is -3.18.